The van der Waals surface area contributed by atoms with Crippen LogP contribution in [0, 0.1) is 27.6 Å². The number of non-ortho nitro benzene ring substituents is 1. The molecule has 2 aromatic carbocycles. The zero-order valence-corrected chi connectivity index (χ0v) is 11.5. The van der Waals surface area contributed by atoms with Gasteiger partial charge in [-0.3, -0.25) is 19.7 Å². The Balaban J connectivity index is 2.59. The first kappa shape index (κ1) is 15.5. The summed E-state index contributed by atoms with van der Waals surface area (Å²) in [7, 11) is 0. The second kappa shape index (κ2) is 5.05. The van der Waals surface area contributed by atoms with Gasteiger partial charge in [0.15, 0.2) is 17.5 Å². The van der Waals surface area contributed by atoms with Crippen LogP contribution >= 0.6 is 0 Å². The van der Waals surface area contributed by atoms with E-state index in [-0.39, 0.29) is 10.9 Å². The summed E-state index contributed by atoms with van der Waals surface area (Å²) >= 11 is 0. The average Bonchev–Trinajstić information content (AvgIpc) is 2.51. The van der Waals surface area contributed by atoms with E-state index in [9.17, 15) is 32.9 Å². The molecule has 7 nitrogen and oxygen atoms in total. The van der Waals surface area contributed by atoms with Crippen LogP contribution in [0.4, 0.5) is 18.9 Å². The number of nitrogens with one attached hydrogen (secondary N) is 1. The van der Waals surface area contributed by atoms with Crippen molar-refractivity contribution in [2.24, 2.45) is 5.73 Å². The number of H-pyrrole nitrogens is 1. The molecule has 0 aliphatic heterocycles. The van der Waals surface area contributed by atoms with Crippen LogP contribution in [-0.2, 0) is 0 Å². The summed E-state index contributed by atoms with van der Waals surface area (Å²) in [5, 5.41) is 9.51. The smallest absolute Gasteiger partial charge is 0.270 e. The highest BCUT2D eigenvalue weighted by Crippen LogP contribution is 2.27. The molecule has 0 aliphatic rings. The zero-order valence-electron chi connectivity index (χ0n) is 11.5. The minimum atomic E-state index is -1.83. The maximum Gasteiger partial charge on any atom is 0.270 e. The number of aromatic nitrogens is 1. The van der Waals surface area contributed by atoms with Crippen LogP contribution in [0.1, 0.15) is 10.4 Å². The number of carbonyl (C=O) groups excluding carboxylic acids is 1. The van der Waals surface area contributed by atoms with Crippen molar-refractivity contribution in [2.45, 2.75) is 0 Å². The molecule has 10 heteroatoms. The number of hydrogen-bond donors (Lipinski definition) is 2. The fourth-order valence-corrected chi connectivity index (χ4v) is 2.42. The van der Waals surface area contributed by atoms with E-state index >= 15 is 0 Å². The van der Waals surface area contributed by atoms with Crippen molar-refractivity contribution in [1.29, 1.82) is 0 Å². The Morgan fingerprint density at radius 3 is 2.42 bits per heavy atom. The highest BCUT2D eigenvalue weighted by atomic mass is 19.2. The molecular formula is C14H6F3N3O4. The topological polar surface area (TPSA) is 119 Å². The van der Waals surface area contributed by atoms with Gasteiger partial charge in [0, 0.05) is 12.1 Å². The Bertz CT molecular complexity index is 1120. The normalized spacial score (nSPS) is 11.1. The Kier molecular flexibility index (Phi) is 3.25. The highest BCUT2D eigenvalue weighted by molar-refractivity contribution is 6.00. The number of amides is 1. The molecule has 0 aliphatic carbocycles. The van der Waals surface area contributed by atoms with E-state index in [4.69, 9.17) is 5.73 Å². The van der Waals surface area contributed by atoms with Gasteiger partial charge in [0.2, 0.25) is 5.43 Å². The number of nitro benzene ring substituents is 1. The van der Waals surface area contributed by atoms with Crippen molar-refractivity contribution < 1.29 is 22.9 Å². The molecule has 3 aromatic rings. The van der Waals surface area contributed by atoms with Crippen LogP contribution in [-0.4, -0.2) is 15.8 Å². The van der Waals surface area contributed by atoms with Crippen LogP contribution in [0.15, 0.2) is 23.0 Å². The number of rotatable bonds is 2. The zero-order chi connectivity index (χ0) is 17.8. The third-order valence-corrected chi connectivity index (χ3v) is 3.51. The molecule has 0 fully saturated rings. The van der Waals surface area contributed by atoms with E-state index in [1.807, 2.05) is 0 Å². The molecule has 0 bridgehead atoms. The van der Waals surface area contributed by atoms with E-state index in [2.05, 4.69) is 4.98 Å². The van der Waals surface area contributed by atoms with Crippen molar-refractivity contribution in [2.75, 3.05) is 0 Å². The van der Waals surface area contributed by atoms with Gasteiger partial charge in [0.25, 0.3) is 11.6 Å². The molecule has 1 aromatic heterocycles. The highest BCUT2D eigenvalue weighted by Gasteiger charge is 2.26. The lowest BCUT2D eigenvalue weighted by Crippen LogP contribution is -2.20. The Labute approximate surface area is 129 Å². The number of primary amides is 1. The van der Waals surface area contributed by atoms with Gasteiger partial charge >= 0.3 is 0 Å². The summed E-state index contributed by atoms with van der Waals surface area (Å²) in [6.07, 6.45) is 0. The summed E-state index contributed by atoms with van der Waals surface area (Å²) < 4.78 is 42.3. The van der Waals surface area contributed by atoms with Crippen molar-refractivity contribution >= 4 is 33.4 Å². The van der Waals surface area contributed by atoms with Crippen LogP contribution in [0.5, 0.6) is 0 Å². The number of nitrogens with zero attached hydrogens (tertiary/aromatic N) is 1. The van der Waals surface area contributed by atoms with Crippen LogP contribution < -0.4 is 11.2 Å². The van der Waals surface area contributed by atoms with Gasteiger partial charge in [-0.05, 0) is 6.07 Å². The molecule has 0 saturated heterocycles. The number of halogens is 3. The number of nitrogens with two attached hydrogens (primary N) is 1. The number of aromatic amines is 1. The number of pyridine rings is 1. The van der Waals surface area contributed by atoms with Gasteiger partial charge in [0.05, 0.1) is 26.7 Å². The summed E-state index contributed by atoms with van der Waals surface area (Å²) in [6.45, 7) is 0. The predicted molar refractivity (Wildman–Crippen MR) is 77.1 cm³/mol. The number of hydrogen-bond acceptors (Lipinski definition) is 4. The molecule has 24 heavy (non-hydrogen) atoms. The number of benzene rings is 2. The monoisotopic (exact) mass is 337 g/mol. The molecule has 0 atom stereocenters. The molecule has 0 radical (unpaired) electrons. The molecule has 122 valence electrons. The standard InChI is InChI=1S/C14H6F3N3O4/c15-9-7(14(18)22)10(16)11(17)12-8(9)13(21)5-3-4(20(23)24)1-2-6(5)19-12/h1-3H,(H2,18,22)(H,19,21). The fraction of sp³-hybridized carbons (Fsp3) is 0. The molecule has 1 heterocycles. The van der Waals surface area contributed by atoms with E-state index in [1.54, 1.807) is 0 Å². The van der Waals surface area contributed by atoms with Gasteiger partial charge in [-0.25, -0.2) is 13.2 Å². The first-order chi connectivity index (χ1) is 11.2. The lowest BCUT2D eigenvalue weighted by atomic mass is 10.0. The van der Waals surface area contributed by atoms with Gasteiger partial charge < -0.3 is 10.7 Å². The summed E-state index contributed by atoms with van der Waals surface area (Å²) in [6, 6.07) is 3.00. The Morgan fingerprint density at radius 2 is 1.83 bits per heavy atom. The van der Waals surface area contributed by atoms with Gasteiger partial charge in [-0.1, -0.05) is 0 Å². The quantitative estimate of drug-likeness (QED) is 0.322. The number of nitro groups is 1. The maximum atomic E-state index is 14.3. The molecule has 1 amide bonds. The van der Waals surface area contributed by atoms with Gasteiger partial charge in [-0.15, -0.1) is 0 Å². The maximum absolute atomic E-state index is 14.3. The molecule has 3 rings (SSSR count). The number of fused-ring (bicyclic) bond motifs is 2. The SMILES string of the molecule is NC(=O)c1c(F)c(F)c2[nH]c3ccc([N+](=O)[O-])cc3c(=O)c2c1F. The molecular weight excluding hydrogens is 331 g/mol. The lowest BCUT2D eigenvalue weighted by Gasteiger charge is -2.09. The van der Waals surface area contributed by atoms with Gasteiger partial charge in [-0.2, -0.15) is 0 Å². The Morgan fingerprint density at radius 1 is 1.17 bits per heavy atom. The molecule has 0 saturated carbocycles. The van der Waals surface area contributed by atoms with E-state index < -0.39 is 55.9 Å². The van der Waals surface area contributed by atoms with Crippen LogP contribution in [0.2, 0.25) is 0 Å². The third kappa shape index (κ3) is 2.00. The van der Waals surface area contributed by atoms with Crippen molar-refractivity contribution in [3.63, 3.8) is 0 Å². The minimum Gasteiger partial charge on any atom is -0.365 e. The molecule has 0 unspecified atom stereocenters. The largest absolute Gasteiger partial charge is 0.365 e. The minimum absolute atomic E-state index is 0.0670. The van der Waals surface area contributed by atoms with Crippen LogP contribution in [0.3, 0.4) is 0 Å². The van der Waals surface area contributed by atoms with Crippen molar-refractivity contribution in [1.82, 2.24) is 4.98 Å². The molecule has 3 N–H and O–H groups in total. The van der Waals surface area contributed by atoms with Gasteiger partial charge in [0.1, 0.15) is 5.56 Å². The van der Waals surface area contributed by atoms with Crippen molar-refractivity contribution in [3.8, 4) is 0 Å². The Hall–Kier alpha value is -3.43. The van der Waals surface area contributed by atoms with E-state index in [0.29, 0.717) is 0 Å². The summed E-state index contributed by atoms with van der Waals surface area (Å²) in [4.78, 5) is 35.8. The first-order valence-electron chi connectivity index (χ1n) is 6.34. The third-order valence-electron chi connectivity index (χ3n) is 3.51. The summed E-state index contributed by atoms with van der Waals surface area (Å²) in [5.41, 5.74) is 0.959. The van der Waals surface area contributed by atoms with Crippen molar-refractivity contribution in [3.05, 3.63) is 61.6 Å². The van der Waals surface area contributed by atoms with E-state index in [0.717, 1.165) is 18.2 Å². The lowest BCUT2D eigenvalue weighted by molar-refractivity contribution is -0.384. The fourth-order valence-electron chi connectivity index (χ4n) is 2.42. The van der Waals surface area contributed by atoms with Crippen LogP contribution in [0.25, 0.3) is 21.8 Å². The summed E-state index contributed by atoms with van der Waals surface area (Å²) in [5.74, 6) is -6.71. The second-order valence-corrected chi connectivity index (χ2v) is 4.87. The first-order valence-corrected chi connectivity index (χ1v) is 6.34. The average molecular weight is 337 g/mol. The predicted octanol–water partition coefficient (Wildman–Crippen LogP) is 2.11. The van der Waals surface area contributed by atoms with E-state index in [1.165, 1.54) is 0 Å². The second-order valence-electron chi connectivity index (χ2n) is 4.87. The number of carbonyl (C=O) groups is 1. The molecule has 0 spiro atoms.